The second-order valence-electron chi connectivity index (χ2n) is 2.32. The number of nitrogens with one attached hydrogen (secondary N) is 2. The van der Waals surface area contributed by atoms with Crippen molar-refractivity contribution in [2.45, 2.75) is 0 Å². The van der Waals surface area contributed by atoms with Gasteiger partial charge in [0.25, 0.3) is 0 Å². The van der Waals surface area contributed by atoms with Crippen molar-refractivity contribution in [3.63, 3.8) is 0 Å². The molecular weight excluding hydrogens is 156 g/mol. The SMILES string of the molecule is CNc1cc(O)c(O)cc1C=N. The Hall–Kier alpha value is -1.71. The monoisotopic (exact) mass is 166 g/mol. The molecule has 0 fully saturated rings. The van der Waals surface area contributed by atoms with Gasteiger partial charge in [0.05, 0.1) is 0 Å². The fourth-order valence-electron chi connectivity index (χ4n) is 0.929. The molecule has 64 valence electrons. The molecule has 0 unspecified atom stereocenters. The van der Waals surface area contributed by atoms with Gasteiger partial charge >= 0.3 is 0 Å². The van der Waals surface area contributed by atoms with Crippen molar-refractivity contribution in [2.75, 3.05) is 12.4 Å². The second kappa shape index (κ2) is 3.13. The number of aromatic hydroxyl groups is 2. The molecule has 12 heavy (non-hydrogen) atoms. The van der Waals surface area contributed by atoms with Gasteiger partial charge in [-0.05, 0) is 6.07 Å². The molecule has 0 atom stereocenters. The molecule has 0 aliphatic rings. The van der Waals surface area contributed by atoms with E-state index in [9.17, 15) is 0 Å². The van der Waals surface area contributed by atoms with Crippen LogP contribution in [0.1, 0.15) is 5.56 Å². The van der Waals surface area contributed by atoms with Crippen molar-refractivity contribution in [1.29, 1.82) is 5.41 Å². The number of phenolic OH excluding ortho intramolecular Hbond substituents is 2. The fourth-order valence-corrected chi connectivity index (χ4v) is 0.929. The van der Waals surface area contributed by atoms with E-state index in [1.54, 1.807) is 7.05 Å². The first kappa shape index (κ1) is 8.39. The first-order valence-electron chi connectivity index (χ1n) is 3.43. The van der Waals surface area contributed by atoms with Gasteiger partial charge in [-0.1, -0.05) is 0 Å². The average molecular weight is 166 g/mol. The van der Waals surface area contributed by atoms with Crippen LogP contribution in [-0.4, -0.2) is 23.5 Å². The summed E-state index contributed by atoms with van der Waals surface area (Å²) in [7, 11) is 1.68. The van der Waals surface area contributed by atoms with E-state index in [0.29, 0.717) is 11.3 Å². The molecule has 1 aromatic rings. The Balaban J connectivity index is 3.28. The Morgan fingerprint density at radius 3 is 2.42 bits per heavy atom. The number of rotatable bonds is 2. The molecule has 0 bridgehead atoms. The highest BCUT2D eigenvalue weighted by Gasteiger charge is 2.04. The summed E-state index contributed by atoms with van der Waals surface area (Å²) < 4.78 is 0. The van der Waals surface area contributed by atoms with Gasteiger partial charge in [0, 0.05) is 30.6 Å². The highest BCUT2D eigenvalue weighted by atomic mass is 16.3. The summed E-state index contributed by atoms with van der Waals surface area (Å²) >= 11 is 0. The predicted molar refractivity (Wildman–Crippen MR) is 47.2 cm³/mol. The number of hydrogen-bond donors (Lipinski definition) is 4. The second-order valence-corrected chi connectivity index (χ2v) is 2.32. The van der Waals surface area contributed by atoms with Crippen LogP contribution in [0, 0.1) is 5.41 Å². The Morgan fingerprint density at radius 1 is 1.33 bits per heavy atom. The van der Waals surface area contributed by atoms with Crippen LogP contribution in [0.3, 0.4) is 0 Å². The Labute approximate surface area is 70.0 Å². The van der Waals surface area contributed by atoms with Gasteiger partial charge in [-0.2, -0.15) is 0 Å². The first-order valence-corrected chi connectivity index (χ1v) is 3.43. The van der Waals surface area contributed by atoms with Crippen molar-refractivity contribution in [3.8, 4) is 11.5 Å². The third kappa shape index (κ3) is 1.32. The maximum atomic E-state index is 9.09. The molecule has 0 amide bonds. The highest BCUT2D eigenvalue weighted by Crippen LogP contribution is 2.30. The summed E-state index contributed by atoms with van der Waals surface area (Å²) in [6, 6.07) is 2.70. The molecule has 0 saturated carbocycles. The largest absolute Gasteiger partial charge is 0.504 e. The van der Waals surface area contributed by atoms with E-state index in [1.165, 1.54) is 12.1 Å². The van der Waals surface area contributed by atoms with Gasteiger partial charge in [-0.25, -0.2) is 0 Å². The van der Waals surface area contributed by atoms with E-state index in [0.717, 1.165) is 6.21 Å². The Bertz CT molecular complexity index is 310. The quantitative estimate of drug-likeness (QED) is 0.302. The average Bonchev–Trinajstić information content (AvgIpc) is 2.09. The highest BCUT2D eigenvalue weighted by molar-refractivity contribution is 5.87. The maximum absolute atomic E-state index is 9.09. The summed E-state index contributed by atoms with van der Waals surface area (Å²) in [5.74, 6) is -0.405. The van der Waals surface area contributed by atoms with E-state index in [-0.39, 0.29) is 11.5 Å². The molecule has 0 radical (unpaired) electrons. The zero-order valence-electron chi connectivity index (χ0n) is 6.63. The first-order chi connectivity index (χ1) is 5.69. The molecule has 4 heteroatoms. The maximum Gasteiger partial charge on any atom is 0.159 e. The smallest absolute Gasteiger partial charge is 0.159 e. The van der Waals surface area contributed by atoms with Crippen LogP contribution in [0.4, 0.5) is 5.69 Å². The summed E-state index contributed by atoms with van der Waals surface area (Å²) in [6.45, 7) is 0. The lowest BCUT2D eigenvalue weighted by Crippen LogP contribution is -1.93. The Kier molecular flexibility index (Phi) is 2.19. The van der Waals surface area contributed by atoms with Gasteiger partial charge in [0.2, 0.25) is 0 Å². The molecule has 1 rings (SSSR count). The normalized spacial score (nSPS) is 9.42. The summed E-state index contributed by atoms with van der Waals surface area (Å²) in [4.78, 5) is 0. The van der Waals surface area contributed by atoms with Crippen molar-refractivity contribution in [2.24, 2.45) is 0 Å². The third-order valence-corrected chi connectivity index (χ3v) is 1.57. The van der Waals surface area contributed by atoms with Crippen LogP contribution < -0.4 is 5.32 Å². The number of phenols is 2. The van der Waals surface area contributed by atoms with Crippen LogP contribution >= 0.6 is 0 Å². The summed E-state index contributed by atoms with van der Waals surface area (Å²) in [5.41, 5.74) is 1.15. The molecule has 0 aliphatic carbocycles. The van der Waals surface area contributed by atoms with Crippen molar-refractivity contribution in [1.82, 2.24) is 0 Å². The molecule has 4 N–H and O–H groups in total. The standard InChI is InChI=1S/C8H10N2O2/c1-10-6-3-8(12)7(11)2-5(6)4-9/h2-4,9-12H,1H3. The lowest BCUT2D eigenvalue weighted by atomic mass is 10.1. The third-order valence-electron chi connectivity index (χ3n) is 1.57. The van der Waals surface area contributed by atoms with Gasteiger partial charge in [-0.3, -0.25) is 0 Å². The summed E-state index contributed by atoms with van der Waals surface area (Å²) in [6.07, 6.45) is 1.10. The molecule has 0 aliphatic heterocycles. The van der Waals surface area contributed by atoms with Crippen molar-refractivity contribution < 1.29 is 10.2 Å². The van der Waals surface area contributed by atoms with E-state index in [4.69, 9.17) is 15.6 Å². The molecule has 0 saturated heterocycles. The van der Waals surface area contributed by atoms with Crippen LogP contribution in [0.15, 0.2) is 12.1 Å². The molecule has 1 aromatic carbocycles. The minimum Gasteiger partial charge on any atom is -0.504 e. The predicted octanol–water partition coefficient (Wildman–Crippen LogP) is 1.14. The molecular formula is C8H10N2O2. The van der Waals surface area contributed by atoms with Crippen LogP contribution in [0.2, 0.25) is 0 Å². The topological polar surface area (TPSA) is 76.3 Å². The fraction of sp³-hybridized carbons (Fsp3) is 0.125. The zero-order chi connectivity index (χ0) is 9.14. The van der Waals surface area contributed by atoms with Gasteiger partial charge in [-0.15, -0.1) is 0 Å². The molecule has 4 nitrogen and oxygen atoms in total. The van der Waals surface area contributed by atoms with Crippen molar-refractivity contribution >= 4 is 11.9 Å². The van der Waals surface area contributed by atoms with E-state index >= 15 is 0 Å². The number of anilines is 1. The minimum atomic E-state index is -0.215. The van der Waals surface area contributed by atoms with Gasteiger partial charge in [0.1, 0.15) is 0 Å². The van der Waals surface area contributed by atoms with Crippen LogP contribution in [0.25, 0.3) is 0 Å². The van der Waals surface area contributed by atoms with E-state index < -0.39 is 0 Å². The minimum absolute atomic E-state index is 0.190. The number of hydrogen-bond acceptors (Lipinski definition) is 4. The lowest BCUT2D eigenvalue weighted by Gasteiger charge is -2.06. The van der Waals surface area contributed by atoms with Crippen LogP contribution in [0.5, 0.6) is 11.5 Å². The molecule has 0 aromatic heterocycles. The lowest BCUT2D eigenvalue weighted by molar-refractivity contribution is 0.404. The molecule has 0 heterocycles. The van der Waals surface area contributed by atoms with Crippen LogP contribution in [-0.2, 0) is 0 Å². The zero-order valence-corrected chi connectivity index (χ0v) is 6.63. The van der Waals surface area contributed by atoms with Gasteiger partial charge in [0.15, 0.2) is 11.5 Å². The Morgan fingerprint density at radius 2 is 1.92 bits per heavy atom. The van der Waals surface area contributed by atoms with Gasteiger partial charge < -0.3 is 20.9 Å². The van der Waals surface area contributed by atoms with Crippen molar-refractivity contribution in [3.05, 3.63) is 17.7 Å². The molecule has 0 spiro atoms. The van der Waals surface area contributed by atoms with E-state index in [1.807, 2.05) is 0 Å². The summed E-state index contributed by atoms with van der Waals surface area (Å²) in [5, 5.41) is 27.9. The number of benzene rings is 1. The van der Waals surface area contributed by atoms with E-state index in [2.05, 4.69) is 5.32 Å².